The number of aromatic nitrogens is 3. The number of rotatable bonds is 10. The molecule has 1 aliphatic heterocycles. The van der Waals surface area contributed by atoms with Gasteiger partial charge in [-0.05, 0) is 74.4 Å². The molecular weight excluding hydrogens is 585 g/mol. The number of aliphatic carboxylic acids is 1. The number of hydrogen-bond acceptors (Lipinski definition) is 6. The number of halogens is 3. The molecule has 1 unspecified atom stereocenters. The van der Waals surface area contributed by atoms with Crippen LogP contribution >= 0.6 is 0 Å². The Morgan fingerprint density at radius 3 is 2.49 bits per heavy atom. The van der Waals surface area contributed by atoms with Gasteiger partial charge in [0.05, 0.1) is 34.8 Å². The molecule has 234 valence electrons. The molecule has 0 bridgehead atoms. The molecule has 1 aromatic heterocycles. The van der Waals surface area contributed by atoms with Crippen molar-refractivity contribution in [1.82, 2.24) is 19.3 Å². The van der Waals surface area contributed by atoms with Crippen molar-refractivity contribution in [3.05, 3.63) is 76.1 Å². The van der Waals surface area contributed by atoms with Crippen LogP contribution in [0.2, 0.25) is 0 Å². The summed E-state index contributed by atoms with van der Waals surface area (Å²) in [6, 6.07) is 8.16. The van der Waals surface area contributed by atoms with Crippen LogP contribution in [0.3, 0.4) is 0 Å². The topological polar surface area (TPSA) is 115 Å². The first kappa shape index (κ1) is 32.6. The second-order valence-corrected chi connectivity index (χ2v) is 13.5. The summed E-state index contributed by atoms with van der Waals surface area (Å²) in [7, 11) is -4.29. The van der Waals surface area contributed by atoms with Gasteiger partial charge in [0.2, 0.25) is 10.0 Å². The molecule has 0 aliphatic carbocycles. The van der Waals surface area contributed by atoms with Crippen LogP contribution in [-0.2, 0) is 51.8 Å². The smallest absolute Gasteiger partial charge is 0.416 e. The molecule has 4 rings (SSSR count). The van der Waals surface area contributed by atoms with Gasteiger partial charge in [-0.2, -0.15) is 17.5 Å². The molecule has 43 heavy (non-hydrogen) atoms. The molecular formula is C30H37F3N4O5S. The molecule has 3 aromatic rings. The Bertz CT molecular complexity index is 1590. The lowest BCUT2D eigenvalue weighted by Crippen LogP contribution is -2.34. The fourth-order valence-electron chi connectivity index (χ4n) is 5.24. The van der Waals surface area contributed by atoms with Crippen molar-refractivity contribution in [2.75, 3.05) is 6.54 Å². The molecule has 0 amide bonds. The lowest BCUT2D eigenvalue weighted by molar-refractivity contribution is -0.158. The molecule has 2 atom stereocenters. The van der Waals surface area contributed by atoms with E-state index in [1.54, 1.807) is 49.8 Å². The minimum Gasteiger partial charge on any atom is -0.481 e. The van der Waals surface area contributed by atoms with E-state index >= 15 is 0 Å². The molecule has 9 nitrogen and oxygen atoms in total. The van der Waals surface area contributed by atoms with Gasteiger partial charge >= 0.3 is 12.1 Å². The summed E-state index contributed by atoms with van der Waals surface area (Å²) in [4.78, 5) is 12.0. The number of benzene rings is 2. The van der Waals surface area contributed by atoms with Crippen molar-refractivity contribution >= 4 is 16.0 Å². The highest BCUT2D eigenvalue weighted by atomic mass is 32.2. The minimum atomic E-state index is -4.69. The Kier molecular flexibility index (Phi) is 9.38. The van der Waals surface area contributed by atoms with Crippen LogP contribution in [0.4, 0.5) is 13.2 Å². The van der Waals surface area contributed by atoms with Crippen LogP contribution < -0.4 is 0 Å². The van der Waals surface area contributed by atoms with E-state index in [0.717, 1.165) is 17.7 Å². The second kappa shape index (κ2) is 12.4. The molecule has 13 heteroatoms. The zero-order valence-corrected chi connectivity index (χ0v) is 25.7. The first-order valence-electron chi connectivity index (χ1n) is 14.1. The van der Waals surface area contributed by atoms with Crippen molar-refractivity contribution in [1.29, 1.82) is 0 Å². The summed E-state index contributed by atoms with van der Waals surface area (Å²) in [5, 5.41) is 18.1. The van der Waals surface area contributed by atoms with Crippen LogP contribution in [0.25, 0.3) is 0 Å². The molecule has 0 radical (unpaired) electrons. The fourth-order valence-corrected chi connectivity index (χ4v) is 6.99. The van der Waals surface area contributed by atoms with Crippen molar-refractivity contribution in [3.8, 4) is 0 Å². The van der Waals surface area contributed by atoms with Gasteiger partial charge in [0.25, 0.3) is 0 Å². The summed E-state index contributed by atoms with van der Waals surface area (Å²) in [6.07, 6.45) is -2.94. The lowest BCUT2D eigenvalue weighted by Gasteiger charge is -2.31. The second-order valence-electron chi connectivity index (χ2n) is 11.6. The monoisotopic (exact) mass is 622 g/mol. The Balaban J connectivity index is 1.72. The normalized spacial score (nSPS) is 18.2. The summed E-state index contributed by atoms with van der Waals surface area (Å²) in [5.74, 6) is -1.19. The number of fused-ring (bicyclic) bond motifs is 1. The maximum absolute atomic E-state index is 13.9. The number of hydrogen-bond donors (Lipinski definition) is 1. The Labute approximate surface area is 249 Å². The number of nitrogens with zero attached hydrogens (tertiary/aromatic N) is 4. The van der Waals surface area contributed by atoms with E-state index in [1.807, 2.05) is 13.8 Å². The molecule has 0 spiro atoms. The van der Waals surface area contributed by atoms with Gasteiger partial charge in [0, 0.05) is 19.6 Å². The summed E-state index contributed by atoms with van der Waals surface area (Å²) in [5.41, 5.74) is 0.370. The average molecular weight is 623 g/mol. The first-order chi connectivity index (χ1) is 20.1. The van der Waals surface area contributed by atoms with Crippen molar-refractivity contribution in [3.63, 3.8) is 0 Å². The van der Waals surface area contributed by atoms with E-state index in [2.05, 4.69) is 10.3 Å². The van der Waals surface area contributed by atoms with Gasteiger partial charge in [-0.3, -0.25) is 9.48 Å². The predicted molar refractivity (Wildman–Crippen MR) is 152 cm³/mol. The highest BCUT2D eigenvalue weighted by Crippen LogP contribution is 2.40. The summed E-state index contributed by atoms with van der Waals surface area (Å²) in [6.45, 7) is 9.37. The van der Waals surface area contributed by atoms with Gasteiger partial charge in [0.15, 0.2) is 0 Å². The first-order valence-corrected chi connectivity index (χ1v) is 15.6. The zero-order chi connectivity index (χ0) is 31.7. The van der Waals surface area contributed by atoms with Crippen LogP contribution in [0.5, 0.6) is 0 Å². The molecule has 1 aliphatic rings. The summed E-state index contributed by atoms with van der Waals surface area (Å²) >= 11 is 0. The summed E-state index contributed by atoms with van der Waals surface area (Å²) < 4.78 is 77.4. The SMILES string of the molecule is CC[C@H]1Cc2ccc(C(F)(F)F)cc2S(=O)(=O)N(Cc2cc(C(OCc3cn(CC)nn3)C(C)(C)C(=O)O)ccc2C)C1. The van der Waals surface area contributed by atoms with Gasteiger partial charge in [-0.25, -0.2) is 8.42 Å². The number of alkyl halides is 3. The Morgan fingerprint density at radius 2 is 1.88 bits per heavy atom. The van der Waals surface area contributed by atoms with E-state index in [0.29, 0.717) is 41.8 Å². The quantitative estimate of drug-likeness (QED) is 0.306. The molecule has 1 N–H and O–H groups in total. The molecule has 0 saturated heterocycles. The van der Waals surface area contributed by atoms with E-state index < -0.39 is 39.3 Å². The third-order valence-electron chi connectivity index (χ3n) is 8.10. The molecule has 0 saturated carbocycles. The lowest BCUT2D eigenvalue weighted by atomic mass is 9.81. The van der Waals surface area contributed by atoms with E-state index in [1.165, 1.54) is 10.4 Å². The van der Waals surface area contributed by atoms with E-state index in [9.17, 15) is 31.5 Å². The maximum Gasteiger partial charge on any atom is 0.416 e. The predicted octanol–water partition coefficient (Wildman–Crippen LogP) is 5.77. The average Bonchev–Trinajstić information content (AvgIpc) is 3.37. The van der Waals surface area contributed by atoms with Crippen LogP contribution in [0.15, 0.2) is 47.5 Å². The van der Waals surface area contributed by atoms with Crippen molar-refractivity contribution < 1.29 is 36.2 Å². The van der Waals surface area contributed by atoms with E-state index in [4.69, 9.17) is 4.74 Å². The molecule has 2 heterocycles. The third-order valence-corrected chi connectivity index (χ3v) is 9.99. The number of ether oxygens (including phenoxy) is 1. The number of sulfonamides is 1. The van der Waals surface area contributed by atoms with Gasteiger partial charge < -0.3 is 9.84 Å². The fraction of sp³-hybridized carbons (Fsp3) is 0.500. The van der Waals surface area contributed by atoms with Gasteiger partial charge in [-0.15, -0.1) is 5.10 Å². The molecule has 0 fully saturated rings. The van der Waals surface area contributed by atoms with Crippen LogP contribution in [-0.4, -0.2) is 45.3 Å². The van der Waals surface area contributed by atoms with Crippen LogP contribution in [0, 0.1) is 18.3 Å². The Morgan fingerprint density at radius 1 is 1.16 bits per heavy atom. The van der Waals surface area contributed by atoms with E-state index in [-0.39, 0.29) is 30.5 Å². The standard InChI is InChI=1S/C30H37F3N4O5S/c1-6-20-12-21-10-11-24(30(31,32)33)14-26(21)43(40,41)37(15-20)16-23-13-22(9-8-19(23)3)27(29(4,5)28(38)39)42-18-25-17-36(7-2)35-34-25/h8-11,13-14,17,20,27H,6-7,12,15-16,18H2,1-5H3,(H,38,39)/t20-,27?/m0/s1. The zero-order valence-electron chi connectivity index (χ0n) is 24.8. The number of carbonyl (C=O) groups is 1. The molecule has 2 aromatic carbocycles. The van der Waals surface area contributed by atoms with Crippen LogP contribution in [0.1, 0.15) is 73.7 Å². The maximum atomic E-state index is 13.9. The number of carboxylic acids is 1. The van der Waals surface area contributed by atoms with Gasteiger partial charge in [0.1, 0.15) is 5.69 Å². The van der Waals surface area contributed by atoms with Gasteiger partial charge in [-0.1, -0.05) is 42.8 Å². The number of carboxylic acid groups (broad SMARTS) is 1. The minimum absolute atomic E-state index is 0.00158. The third kappa shape index (κ3) is 6.94. The highest BCUT2D eigenvalue weighted by Gasteiger charge is 2.40. The highest BCUT2D eigenvalue weighted by molar-refractivity contribution is 7.89. The van der Waals surface area contributed by atoms with Crippen molar-refractivity contribution in [2.24, 2.45) is 11.3 Å². The largest absolute Gasteiger partial charge is 0.481 e. The number of aryl methyl sites for hydroxylation is 2. The Hall–Kier alpha value is -3.29. The van der Waals surface area contributed by atoms with Crippen molar-refractivity contribution in [2.45, 2.75) is 84.3 Å².